The average molecular weight is 522 g/mol. The third-order valence-electron chi connectivity index (χ3n) is 5.37. The Morgan fingerprint density at radius 2 is 1.66 bits per heavy atom. The lowest BCUT2D eigenvalue weighted by molar-refractivity contribution is -0.113. The van der Waals surface area contributed by atoms with E-state index in [1.807, 2.05) is 60.8 Å². The van der Waals surface area contributed by atoms with Crippen molar-refractivity contribution in [1.29, 1.82) is 0 Å². The molecule has 5 rings (SSSR count). The lowest BCUT2D eigenvalue weighted by Crippen LogP contribution is -2.27. The predicted molar refractivity (Wildman–Crippen MR) is 140 cm³/mol. The summed E-state index contributed by atoms with van der Waals surface area (Å²) in [6.07, 6.45) is 3.52. The summed E-state index contributed by atoms with van der Waals surface area (Å²) in [4.78, 5) is 27.3. The minimum Gasteiger partial charge on any atom is -0.497 e. The number of benzene rings is 3. The van der Waals surface area contributed by atoms with E-state index in [-0.39, 0.29) is 9.93 Å². The van der Waals surface area contributed by atoms with Crippen LogP contribution < -0.4 is 9.64 Å². The van der Waals surface area contributed by atoms with Crippen molar-refractivity contribution in [2.45, 2.75) is 0 Å². The first-order valence-electron chi connectivity index (χ1n) is 10.5. The molecule has 1 fully saturated rings. The van der Waals surface area contributed by atoms with Gasteiger partial charge in [-0.25, -0.2) is 9.58 Å². The van der Waals surface area contributed by atoms with Gasteiger partial charge in [0.05, 0.1) is 39.1 Å². The second-order valence-electron chi connectivity index (χ2n) is 7.56. The molecule has 3 aromatic carbocycles. The summed E-state index contributed by atoms with van der Waals surface area (Å²) in [6.45, 7) is 0. The van der Waals surface area contributed by atoms with Crippen LogP contribution in [0.15, 0.2) is 83.9 Å². The minimum atomic E-state index is -0.438. The monoisotopic (exact) mass is 521 g/mol. The number of aromatic nitrogens is 2. The van der Waals surface area contributed by atoms with Crippen LogP contribution in [0.5, 0.6) is 5.75 Å². The van der Waals surface area contributed by atoms with Crippen LogP contribution in [0.2, 0.25) is 10.0 Å². The van der Waals surface area contributed by atoms with E-state index in [1.165, 1.54) is 6.07 Å². The van der Waals surface area contributed by atoms with Gasteiger partial charge in [-0.3, -0.25) is 9.59 Å². The second kappa shape index (κ2) is 9.62. The summed E-state index contributed by atoms with van der Waals surface area (Å²) in [6, 6.07) is 21.8. The number of nitrogens with zero attached hydrogens (tertiary/aromatic N) is 3. The van der Waals surface area contributed by atoms with Gasteiger partial charge in [0.2, 0.25) is 0 Å². The van der Waals surface area contributed by atoms with Crippen molar-refractivity contribution in [3.8, 4) is 22.7 Å². The number of hydrogen-bond donors (Lipinski definition) is 0. The Morgan fingerprint density at radius 3 is 2.34 bits per heavy atom. The highest BCUT2D eigenvalue weighted by Gasteiger charge is 2.36. The highest BCUT2D eigenvalue weighted by atomic mass is 35.5. The summed E-state index contributed by atoms with van der Waals surface area (Å²) in [5.41, 5.74) is 3.43. The summed E-state index contributed by atoms with van der Waals surface area (Å²) in [5.74, 6) is 0.284. The van der Waals surface area contributed by atoms with Crippen LogP contribution in [0.25, 0.3) is 23.0 Å². The third kappa shape index (κ3) is 4.58. The van der Waals surface area contributed by atoms with E-state index in [2.05, 4.69) is 0 Å². The molecule has 0 bridgehead atoms. The number of carbonyl (C=O) groups is 2. The number of halogens is 2. The van der Waals surface area contributed by atoms with Gasteiger partial charge in [-0.05, 0) is 72.4 Å². The van der Waals surface area contributed by atoms with E-state index < -0.39 is 11.1 Å². The average Bonchev–Trinajstić information content (AvgIpc) is 3.42. The number of para-hydroxylation sites is 1. The van der Waals surface area contributed by atoms with Crippen LogP contribution >= 0.6 is 35.0 Å². The van der Waals surface area contributed by atoms with E-state index in [0.29, 0.717) is 22.0 Å². The SMILES string of the molecule is COc1ccc(-c2nn(-c3ccccc3)cc2/C=C2\SC(=O)N(c3ccc(Cl)c(Cl)c3)C2=O)cc1. The fourth-order valence-corrected chi connectivity index (χ4v) is 4.76. The summed E-state index contributed by atoms with van der Waals surface area (Å²) in [7, 11) is 1.61. The van der Waals surface area contributed by atoms with E-state index in [1.54, 1.807) is 30.0 Å². The number of carbonyl (C=O) groups excluding carboxylic acids is 2. The molecule has 1 aromatic heterocycles. The van der Waals surface area contributed by atoms with E-state index >= 15 is 0 Å². The zero-order valence-electron chi connectivity index (χ0n) is 18.3. The van der Waals surface area contributed by atoms with Gasteiger partial charge in [-0.2, -0.15) is 5.10 Å². The lowest BCUT2D eigenvalue weighted by atomic mass is 10.1. The fourth-order valence-electron chi connectivity index (χ4n) is 3.63. The molecule has 0 aliphatic carbocycles. The number of thioether (sulfide) groups is 1. The number of ether oxygens (including phenoxy) is 1. The lowest BCUT2D eigenvalue weighted by Gasteiger charge is -2.13. The van der Waals surface area contributed by atoms with E-state index in [0.717, 1.165) is 33.7 Å². The van der Waals surface area contributed by atoms with Crippen LogP contribution in [0, 0.1) is 0 Å². The maximum absolute atomic E-state index is 13.2. The van der Waals surface area contributed by atoms with Crippen LogP contribution in [-0.2, 0) is 4.79 Å². The first kappa shape index (κ1) is 23.2. The number of anilines is 1. The molecule has 1 saturated heterocycles. The number of hydrogen-bond acceptors (Lipinski definition) is 5. The molecule has 6 nitrogen and oxygen atoms in total. The Balaban J connectivity index is 1.57. The molecule has 2 heterocycles. The summed E-state index contributed by atoms with van der Waals surface area (Å²) >= 11 is 13.0. The van der Waals surface area contributed by atoms with Gasteiger partial charge in [0.1, 0.15) is 5.75 Å². The molecule has 4 aromatic rings. The quantitative estimate of drug-likeness (QED) is 0.262. The topological polar surface area (TPSA) is 64.4 Å². The van der Waals surface area contributed by atoms with Gasteiger partial charge in [0.25, 0.3) is 11.1 Å². The van der Waals surface area contributed by atoms with Crippen molar-refractivity contribution in [3.63, 3.8) is 0 Å². The van der Waals surface area contributed by atoms with Crippen molar-refractivity contribution < 1.29 is 14.3 Å². The largest absolute Gasteiger partial charge is 0.497 e. The predicted octanol–water partition coefficient (Wildman–Crippen LogP) is 7.10. The van der Waals surface area contributed by atoms with Gasteiger partial charge in [-0.15, -0.1) is 0 Å². The Labute approximate surface area is 215 Å². The first-order valence-corrected chi connectivity index (χ1v) is 12.0. The summed E-state index contributed by atoms with van der Waals surface area (Å²) in [5, 5.41) is 4.96. The summed E-state index contributed by atoms with van der Waals surface area (Å²) < 4.78 is 7.01. The highest BCUT2D eigenvalue weighted by Crippen LogP contribution is 2.39. The van der Waals surface area contributed by atoms with Gasteiger partial charge >= 0.3 is 0 Å². The van der Waals surface area contributed by atoms with Crippen LogP contribution in [-0.4, -0.2) is 28.0 Å². The molecule has 2 amide bonds. The highest BCUT2D eigenvalue weighted by molar-refractivity contribution is 8.19. The molecule has 0 saturated carbocycles. The maximum atomic E-state index is 13.2. The molecular formula is C26H17Cl2N3O3S. The van der Waals surface area contributed by atoms with Crippen molar-refractivity contribution in [1.82, 2.24) is 9.78 Å². The standard InChI is InChI=1S/C26H17Cl2N3O3S/c1-34-20-10-7-16(8-11-20)24-17(15-30(29-24)18-5-3-2-4-6-18)13-23-25(32)31(26(33)35-23)19-9-12-21(27)22(28)14-19/h2-15H,1H3/b23-13-. The third-order valence-corrected chi connectivity index (χ3v) is 6.98. The molecule has 174 valence electrons. The van der Waals surface area contributed by atoms with Gasteiger partial charge in [0.15, 0.2) is 0 Å². The van der Waals surface area contributed by atoms with Crippen molar-refractivity contribution >= 4 is 57.9 Å². The second-order valence-corrected chi connectivity index (χ2v) is 9.36. The van der Waals surface area contributed by atoms with Crippen molar-refractivity contribution in [2.24, 2.45) is 0 Å². The number of imide groups is 1. The van der Waals surface area contributed by atoms with Gasteiger partial charge < -0.3 is 4.74 Å². The molecule has 35 heavy (non-hydrogen) atoms. The zero-order chi connectivity index (χ0) is 24.5. The van der Waals surface area contributed by atoms with E-state index in [9.17, 15) is 9.59 Å². The Hall–Kier alpha value is -3.52. The van der Waals surface area contributed by atoms with Gasteiger partial charge in [0, 0.05) is 17.3 Å². The van der Waals surface area contributed by atoms with E-state index in [4.69, 9.17) is 33.0 Å². The smallest absolute Gasteiger partial charge is 0.298 e. The fraction of sp³-hybridized carbons (Fsp3) is 0.0385. The minimum absolute atomic E-state index is 0.262. The molecule has 1 aliphatic heterocycles. The molecule has 0 N–H and O–H groups in total. The normalized spacial score (nSPS) is 14.7. The zero-order valence-corrected chi connectivity index (χ0v) is 20.6. The molecule has 1 aliphatic rings. The molecule has 9 heteroatoms. The maximum Gasteiger partial charge on any atom is 0.298 e. The van der Waals surface area contributed by atoms with Crippen LogP contribution in [0.3, 0.4) is 0 Å². The molecular weight excluding hydrogens is 505 g/mol. The van der Waals surface area contributed by atoms with Gasteiger partial charge in [-0.1, -0.05) is 41.4 Å². The Kier molecular flexibility index (Phi) is 6.38. The van der Waals surface area contributed by atoms with Crippen LogP contribution in [0.1, 0.15) is 5.56 Å². The first-order chi connectivity index (χ1) is 16.9. The molecule has 0 unspecified atom stereocenters. The molecule has 0 atom stereocenters. The number of amides is 2. The van der Waals surface area contributed by atoms with Crippen LogP contribution in [0.4, 0.5) is 10.5 Å². The van der Waals surface area contributed by atoms with Crippen molar-refractivity contribution in [3.05, 3.63) is 99.5 Å². The Bertz CT molecular complexity index is 1470. The Morgan fingerprint density at radius 1 is 0.914 bits per heavy atom. The number of methoxy groups -OCH3 is 1. The number of rotatable bonds is 5. The van der Waals surface area contributed by atoms with Crippen molar-refractivity contribution in [2.75, 3.05) is 12.0 Å². The molecule has 0 spiro atoms. The molecule has 0 radical (unpaired) electrons.